The molecule has 0 aliphatic heterocycles. The molecular formula is C10H10Cl2F3N. The minimum absolute atomic E-state index is 0.232. The van der Waals surface area contributed by atoms with E-state index in [9.17, 15) is 13.2 Å². The van der Waals surface area contributed by atoms with E-state index in [0.29, 0.717) is 5.56 Å². The SMILES string of the molecule is NCC(Cc1c(Cl)cccc1Cl)C(F)(F)F. The summed E-state index contributed by atoms with van der Waals surface area (Å²) in [6, 6.07) is 4.60. The fourth-order valence-corrected chi connectivity index (χ4v) is 1.86. The van der Waals surface area contributed by atoms with E-state index in [1.165, 1.54) is 12.1 Å². The summed E-state index contributed by atoms with van der Waals surface area (Å²) in [6.45, 7) is -0.481. The Balaban J connectivity index is 2.95. The number of rotatable bonds is 3. The Morgan fingerprint density at radius 2 is 1.69 bits per heavy atom. The largest absolute Gasteiger partial charge is 0.393 e. The lowest BCUT2D eigenvalue weighted by Crippen LogP contribution is -2.32. The lowest BCUT2D eigenvalue weighted by atomic mass is 9.99. The normalized spacial score (nSPS) is 13.9. The summed E-state index contributed by atoms with van der Waals surface area (Å²) in [5, 5.41) is 0.463. The monoisotopic (exact) mass is 271 g/mol. The third-order valence-electron chi connectivity index (χ3n) is 2.26. The van der Waals surface area contributed by atoms with Crippen LogP contribution in [0.15, 0.2) is 18.2 Å². The van der Waals surface area contributed by atoms with Crippen LogP contribution in [0.1, 0.15) is 5.56 Å². The highest BCUT2D eigenvalue weighted by atomic mass is 35.5. The molecular weight excluding hydrogens is 262 g/mol. The Labute approximate surface area is 101 Å². The zero-order chi connectivity index (χ0) is 12.3. The molecule has 1 aromatic carbocycles. The molecule has 0 aliphatic carbocycles. The highest BCUT2D eigenvalue weighted by Crippen LogP contribution is 2.33. The summed E-state index contributed by atoms with van der Waals surface area (Å²) >= 11 is 11.6. The molecule has 0 fully saturated rings. The molecule has 1 unspecified atom stereocenters. The number of hydrogen-bond donors (Lipinski definition) is 1. The van der Waals surface area contributed by atoms with E-state index >= 15 is 0 Å². The summed E-state index contributed by atoms with van der Waals surface area (Å²) in [4.78, 5) is 0. The van der Waals surface area contributed by atoms with Crippen LogP contribution in [0, 0.1) is 5.92 Å². The van der Waals surface area contributed by atoms with Crippen molar-refractivity contribution in [2.24, 2.45) is 11.7 Å². The van der Waals surface area contributed by atoms with Gasteiger partial charge < -0.3 is 5.73 Å². The summed E-state index contributed by atoms with van der Waals surface area (Å²) in [5.74, 6) is -1.62. The first-order valence-corrected chi connectivity index (χ1v) is 5.31. The first-order valence-electron chi connectivity index (χ1n) is 4.56. The second-order valence-electron chi connectivity index (χ2n) is 3.38. The first kappa shape index (κ1) is 13.6. The number of alkyl halides is 3. The van der Waals surface area contributed by atoms with Crippen LogP contribution in [0.5, 0.6) is 0 Å². The molecule has 0 saturated heterocycles. The van der Waals surface area contributed by atoms with Gasteiger partial charge in [-0.2, -0.15) is 13.2 Å². The van der Waals surface area contributed by atoms with Crippen molar-refractivity contribution >= 4 is 23.2 Å². The van der Waals surface area contributed by atoms with Crippen molar-refractivity contribution in [2.45, 2.75) is 12.6 Å². The molecule has 0 amide bonds. The Hall–Kier alpha value is -0.450. The molecule has 16 heavy (non-hydrogen) atoms. The molecule has 6 heteroatoms. The van der Waals surface area contributed by atoms with Crippen molar-refractivity contribution < 1.29 is 13.2 Å². The summed E-state index contributed by atoms with van der Waals surface area (Å²) in [6.07, 6.45) is -4.63. The minimum atomic E-state index is -4.34. The Kier molecular flexibility index (Phi) is 4.47. The maximum atomic E-state index is 12.5. The van der Waals surface area contributed by atoms with E-state index in [4.69, 9.17) is 28.9 Å². The zero-order valence-electron chi connectivity index (χ0n) is 8.19. The van der Waals surface area contributed by atoms with Crippen LogP contribution in [-0.2, 0) is 6.42 Å². The molecule has 0 radical (unpaired) electrons. The van der Waals surface area contributed by atoms with Gasteiger partial charge in [-0.05, 0) is 24.1 Å². The van der Waals surface area contributed by atoms with Crippen LogP contribution in [0.2, 0.25) is 10.0 Å². The predicted octanol–water partition coefficient (Wildman–Crippen LogP) is 3.67. The molecule has 0 saturated carbocycles. The van der Waals surface area contributed by atoms with Gasteiger partial charge in [0, 0.05) is 16.6 Å². The number of hydrogen-bond acceptors (Lipinski definition) is 1. The van der Waals surface area contributed by atoms with Crippen LogP contribution < -0.4 is 5.73 Å². The van der Waals surface area contributed by atoms with E-state index in [2.05, 4.69) is 0 Å². The van der Waals surface area contributed by atoms with Crippen molar-refractivity contribution in [3.63, 3.8) is 0 Å². The lowest BCUT2D eigenvalue weighted by Gasteiger charge is -2.19. The van der Waals surface area contributed by atoms with E-state index in [1.54, 1.807) is 6.07 Å². The third kappa shape index (κ3) is 3.27. The first-order chi connectivity index (χ1) is 7.36. The van der Waals surface area contributed by atoms with Gasteiger partial charge in [0.15, 0.2) is 0 Å². The topological polar surface area (TPSA) is 26.0 Å². The maximum Gasteiger partial charge on any atom is 0.393 e. The van der Waals surface area contributed by atoms with Crippen LogP contribution in [0.25, 0.3) is 0 Å². The highest BCUT2D eigenvalue weighted by molar-refractivity contribution is 6.35. The van der Waals surface area contributed by atoms with E-state index in [-0.39, 0.29) is 16.5 Å². The van der Waals surface area contributed by atoms with Gasteiger partial charge in [-0.1, -0.05) is 29.3 Å². The lowest BCUT2D eigenvalue weighted by molar-refractivity contribution is -0.171. The van der Waals surface area contributed by atoms with Crippen LogP contribution >= 0.6 is 23.2 Å². The van der Waals surface area contributed by atoms with Crippen molar-refractivity contribution in [3.05, 3.63) is 33.8 Å². The summed E-state index contributed by atoms with van der Waals surface area (Å²) < 4.78 is 37.5. The Morgan fingerprint density at radius 3 is 2.06 bits per heavy atom. The van der Waals surface area contributed by atoms with Crippen LogP contribution in [0.4, 0.5) is 13.2 Å². The standard InChI is InChI=1S/C10H10Cl2F3N/c11-8-2-1-3-9(12)7(8)4-6(5-16)10(13,14)15/h1-3,6H,4-5,16H2. The molecule has 0 spiro atoms. The van der Waals surface area contributed by atoms with E-state index in [1.807, 2.05) is 0 Å². The van der Waals surface area contributed by atoms with Gasteiger partial charge in [0.25, 0.3) is 0 Å². The van der Waals surface area contributed by atoms with Gasteiger partial charge in [0.05, 0.1) is 5.92 Å². The third-order valence-corrected chi connectivity index (χ3v) is 2.97. The minimum Gasteiger partial charge on any atom is -0.330 e. The van der Waals surface area contributed by atoms with Gasteiger partial charge in [0.2, 0.25) is 0 Å². The quantitative estimate of drug-likeness (QED) is 0.892. The van der Waals surface area contributed by atoms with Crippen LogP contribution in [-0.4, -0.2) is 12.7 Å². The number of halogens is 5. The zero-order valence-corrected chi connectivity index (χ0v) is 9.70. The molecule has 90 valence electrons. The smallest absolute Gasteiger partial charge is 0.330 e. The highest BCUT2D eigenvalue weighted by Gasteiger charge is 2.38. The molecule has 1 atom stereocenters. The van der Waals surface area contributed by atoms with Gasteiger partial charge in [-0.25, -0.2) is 0 Å². The fraction of sp³-hybridized carbons (Fsp3) is 0.400. The van der Waals surface area contributed by atoms with Gasteiger partial charge in [-0.15, -0.1) is 0 Å². The van der Waals surface area contributed by atoms with Crippen molar-refractivity contribution in [3.8, 4) is 0 Å². The molecule has 1 rings (SSSR count). The number of benzene rings is 1. The average molecular weight is 272 g/mol. The molecule has 1 aromatic rings. The molecule has 2 N–H and O–H groups in total. The van der Waals surface area contributed by atoms with Gasteiger partial charge in [0.1, 0.15) is 0 Å². The second kappa shape index (κ2) is 5.25. The van der Waals surface area contributed by atoms with E-state index < -0.39 is 18.6 Å². The maximum absolute atomic E-state index is 12.5. The summed E-state index contributed by atoms with van der Waals surface area (Å²) in [7, 11) is 0. The summed E-state index contributed by atoms with van der Waals surface area (Å²) in [5.41, 5.74) is 5.39. The molecule has 0 bridgehead atoms. The van der Waals surface area contributed by atoms with Crippen molar-refractivity contribution in [1.82, 2.24) is 0 Å². The molecule has 0 aliphatic rings. The number of nitrogens with two attached hydrogens (primary N) is 1. The van der Waals surface area contributed by atoms with E-state index in [0.717, 1.165) is 0 Å². The molecule has 1 nitrogen and oxygen atoms in total. The van der Waals surface area contributed by atoms with Gasteiger partial charge in [-0.3, -0.25) is 0 Å². The fourth-order valence-electron chi connectivity index (χ4n) is 1.31. The van der Waals surface area contributed by atoms with Crippen LogP contribution in [0.3, 0.4) is 0 Å². The van der Waals surface area contributed by atoms with Crippen molar-refractivity contribution in [1.29, 1.82) is 0 Å². The van der Waals surface area contributed by atoms with Crippen molar-refractivity contribution in [2.75, 3.05) is 6.54 Å². The Bertz CT molecular complexity index is 345. The second-order valence-corrected chi connectivity index (χ2v) is 4.19. The average Bonchev–Trinajstić information content (AvgIpc) is 2.15. The molecule has 0 aromatic heterocycles. The molecule has 0 heterocycles. The van der Waals surface area contributed by atoms with Gasteiger partial charge >= 0.3 is 6.18 Å². The predicted molar refractivity (Wildman–Crippen MR) is 58.8 cm³/mol. The Morgan fingerprint density at radius 1 is 1.19 bits per heavy atom.